The number of carbonyl (C=O) groups is 2. The van der Waals surface area contributed by atoms with Gasteiger partial charge in [0.05, 0.1) is 11.1 Å². The lowest BCUT2D eigenvalue weighted by Crippen LogP contribution is -2.28. The van der Waals surface area contributed by atoms with Crippen LogP contribution in [0.25, 0.3) is 0 Å². The molecule has 0 aliphatic heterocycles. The topological polar surface area (TPSA) is 55.4 Å². The average Bonchev–Trinajstić information content (AvgIpc) is 3.38. The Balaban J connectivity index is 1.58. The van der Waals surface area contributed by atoms with Crippen LogP contribution < -0.4 is 5.32 Å². The van der Waals surface area contributed by atoms with Gasteiger partial charge in [-0.1, -0.05) is 41.9 Å². The van der Waals surface area contributed by atoms with Crippen molar-refractivity contribution in [1.29, 1.82) is 0 Å². The number of ether oxygens (including phenoxy) is 1. The van der Waals surface area contributed by atoms with E-state index in [4.69, 9.17) is 16.3 Å². The smallest absolute Gasteiger partial charge is 0.317 e. The van der Waals surface area contributed by atoms with Gasteiger partial charge < -0.3 is 10.1 Å². The van der Waals surface area contributed by atoms with Gasteiger partial charge in [-0.2, -0.15) is 0 Å². The number of anilines is 1. The molecule has 1 N–H and O–H groups in total. The first kappa shape index (κ1) is 16.5. The van der Waals surface area contributed by atoms with E-state index >= 15 is 0 Å². The molecule has 6 heteroatoms. The highest BCUT2D eigenvalue weighted by molar-refractivity contribution is 6.30. The number of carbonyl (C=O) groups excluding carboxylic acids is 2. The molecular formula is C18H15ClFNO3. The van der Waals surface area contributed by atoms with Crippen LogP contribution in [0.5, 0.6) is 0 Å². The number of rotatable bonds is 5. The van der Waals surface area contributed by atoms with Crippen molar-refractivity contribution in [2.24, 2.45) is 0 Å². The van der Waals surface area contributed by atoms with Crippen LogP contribution >= 0.6 is 11.6 Å². The van der Waals surface area contributed by atoms with E-state index < -0.39 is 29.7 Å². The average molecular weight is 348 g/mol. The predicted octanol–water partition coefficient (Wildman–Crippen LogP) is 3.69. The van der Waals surface area contributed by atoms with E-state index in [-0.39, 0.29) is 10.7 Å². The number of amides is 1. The first-order valence-corrected chi connectivity index (χ1v) is 7.87. The Kier molecular flexibility index (Phi) is 4.53. The molecule has 3 rings (SSSR count). The van der Waals surface area contributed by atoms with E-state index in [1.165, 1.54) is 12.1 Å². The summed E-state index contributed by atoms with van der Waals surface area (Å²) < 4.78 is 18.7. The van der Waals surface area contributed by atoms with Gasteiger partial charge in [-0.15, -0.1) is 0 Å². The summed E-state index contributed by atoms with van der Waals surface area (Å²) in [6, 6.07) is 13.2. The quantitative estimate of drug-likeness (QED) is 0.839. The van der Waals surface area contributed by atoms with Crippen LogP contribution in [0.4, 0.5) is 10.1 Å². The van der Waals surface area contributed by atoms with Crippen LogP contribution in [0, 0.1) is 5.82 Å². The van der Waals surface area contributed by atoms with Crippen molar-refractivity contribution in [3.63, 3.8) is 0 Å². The summed E-state index contributed by atoms with van der Waals surface area (Å²) in [6.07, 6.45) is 1.40. The fourth-order valence-corrected chi connectivity index (χ4v) is 2.70. The Morgan fingerprint density at radius 3 is 2.50 bits per heavy atom. The third-order valence-electron chi connectivity index (χ3n) is 4.01. The number of hydrogen-bond donors (Lipinski definition) is 1. The monoisotopic (exact) mass is 347 g/mol. The standard InChI is InChI=1S/C18H15ClFNO3/c19-13-6-7-15(14(20)10-13)21-16(22)11-24-17(23)18(8-9-18)12-4-2-1-3-5-12/h1-7,10H,8-9,11H2,(H,21,22). The lowest BCUT2D eigenvalue weighted by molar-refractivity contribution is -0.150. The van der Waals surface area contributed by atoms with Crippen LogP contribution in [0.2, 0.25) is 5.02 Å². The first-order valence-electron chi connectivity index (χ1n) is 7.49. The third kappa shape index (κ3) is 3.41. The number of nitrogens with one attached hydrogen (secondary N) is 1. The van der Waals surface area contributed by atoms with Gasteiger partial charge in [0.15, 0.2) is 6.61 Å². The normalized spacial score (nSPS) is 14.8. The highest BCUT2D eigenvalue weighted by atomic mass is 35.5. The summed E-state index contributed by atoms with van der Waals surface area (Å²) in [6.45, 7) is -0.463. The summed E-state index contributed by atoms with van der Waals surface area (Å²) in [4.78, 5) is 24.2. The molecule has 1 fully saturated rings. The molecular weight excluding hydrogens is 333 g/mol. The molecule has 24 heavy (non-hydrogen) atoms. The zero-order chi connectivity index (χ0) is 17.2. The van der Waals surface area contributed by atoms with Crippen LogP contribution in [0.3, 0.4) is 0 Å². The molecule has 0 bridgehead atoms. The van der Waals surface area contributed by atoms with Crippen molar-refractivity contribution in [1.82, 2.24) is 0 Å². The fourth-order valence-electron chi connectivity index (χ4n) is 2.54. The number of halogens is 2. The van der Waals surface area contributed by atoms with Crippen molar-refractivity contribution in [3.05, 3.63) is 64.9 Å². The van der Waals surface area contributed by atoms with Crippen molar-refractivity contribution in [2.45, 2.75) is 18.3 Å². The van der Waals surface area contributed by atoms with E-state index in [0.29, 0.717) is 12.8 Å². The Morgan fingerprint density at radius 2 is 1.88 bits per heavy atom. The van der Waals surface area contributed by atoms with E-state index in [2.05, 4.69) is 5.32 Å². The first-order chi connectivity index (χ1) is 11.5. The number of esters is 1. The summed E-state index contributed by atoms with van der Waals surface area (Å²) >= 11 is 5.65. The fraction of sp³-hybridized carbons (Fsp3) is 0.222. The van der Waals surface area contributed by atoms with Gasteiger partial charge in [-0.25, -0.2) is 4.39 Å². The minimum Gasteiger partial charge on any atom is -0.455 e. The second-order valence-corrected chi connectivity index (χ2v) is 6.13. The minimum atomic E-state index is -0.648. The molecule has 2 aromatic carbocycles. The molecule has 0 heterocycles. The van der Waals surface area contributed by atoms with Gasteiger partial charge in [-0.3, -0.25) is 9.59 Å². The summed E-state index contributed by atoms with van der Waals surface area (Å²) in [5.74, 6) is -1.68. The van der Waals surface area contributed by atoms with Gasteiger partial charge in [0.2, 0.25) is 0 Å². The van der Waals surface area contributed by atoms with Gasteiger partial charge >= 0.3 is 5.97 Å². The predicted molar refractivity (Wildman–Crippen MR) is 88.4 cm³/mol. The Bertz CT molecular complexity index is 775. The van der Waals surface area contributed by atoms with E-state index in [1.807, 2.05) is 30.3 Å². The van der Waals surface area contributed by atoms with E-state index in [9.17, 15) is 14.0 Å². The maximum absolute atomic E-state index is 13.6. The molecule has 1 amide bonds. The summed E-state index contributed by atoms with van der Waals surface area (Å²) in [7, 11) is 0. The molecule has 1 aliphatic carbocycles. The van der Waals surface area contributed by atoms with Gasteiger partial charge in [-0.05, 0) is 36.6 Å². The van der Waals surface area contributed by atoms with Crippen molar-refractivity contribution < 1.29 is 18.7 Å². The highest BCUT2D eigenvalue weighted by Crippen LogP contribution is 2.49. The van der Waals surface area contributed by atoms with Crippen molar-refractivity contribution >= 4 is 29.2 Å². The lowest BCUT2D eigenvalue weighted by Gasteiger charge is -2.14. The largest absolute Gasteiger partial charge is 0.455 e. The van der Waals surface area contributed by atoms with Crippen molar-refractivity contribution in [3.8, 4) is 0 Å². The zero-order valence-electron chi connectivity index (χ0n) is 12.7. The van der Waals surface area contributed by atoms with Crippen LogP contribution in [0.1, 0.15) is 18.4 Å². The zero-order valence-corrected chi connectivity index (χ0v) is 13.5. The molecule has 124 valence electrons. The van der Waals surface area contributed by atoms with Gasteiger partial charge in [0, 0.05) is 5.02 Å². The lowest BCUT2D eigenvalue weighted by atomic mass is 9.96. The van der Waals surface area contributed by atoms with Crippen LogP contribution in [-0.4, -0.2) is 18.5 Å². The maximum atomic E-state index is 13.6. The minimum absolute atomic E-state index is 0.00959. The SMILES string of the molecule is O=C(COC(=O)C1(c2ccccc2)CC1)Nc1ccc(Cl)cc1F. The van der Waals surface area contributed by atoms with Crippen LogP contribution in [-0.2, 0) is 19.7 Å². The molecule has 2 aromatic rings. The number of hydrogen-bond acceptors (Lipinski definition) is 3. The second kappa shape index (κ2) is 6.61. The molecule has 1 saturated carbocycles. The Labute approximate surface area is 143 Å². The summed E-state index contributed by atoms with van der Waals surface area (Å²) in [5, 5.41) is 2.59. The maximum Gasteiger partial charge on any atom is 0.317 e. The molecule has 0 unspecified atom stereocenters. The van der Waals surface area contributed by atoms with Gasteiger partial charge in [0.1, 0.15) is 5.82 Å². The third-order valence-corrected chi connectivity index (χ3v) is 4.24. The highest BCUT2D eigenvalue weighted by Gasteiger charge is 2.52. The van der Waals surface area contributed by atoms with Crippen LogP contribution in [0.15, 0.2) is 48.5 Å². The molecule has 0 radical (unpaired) electrons. The Hall–Kier alpha value is -2.40. The molecule has 0 saturated heterocycles. The van der Waals surface area contributed by atoms with Crippen molar-refractivity contribution in [2.75, 3.05) is 11.9 Å². The Morgan fingerprint density at radius 1 is 1.17 bits per heavy atom. The molecule has 4 nitrogen and oxygen atoms in total. The van der Waals surface area contributed by atoms with E-state index in [0.717, 1.165) is 11.6 Å². The molecule has 0 atom stereocenters. The molecule has 0 aromatic heterocycles. The summed E-state index contributed by atoms with van der Waals surface area (Å²) in [5.41, 5.74) is 0.233. The van der Waals surface area contributed by atoms with Gasteiger partial charge in [0.25, 0.3) is 5.91 Å². The molecule has 0 spiro atoms. The van der Waals surface area contributed by atoms with E-state index in [1.54, 1.807) is 0 Å². The molecule has 1 aliphatic rings. The second-order valence-electron chi connectivity index (χ2n) is 5.70. The number of benzene rings is 2.